The third kappa shape index (κ3) is 4.44. The number of hydrogen-bond acceptors (Lipinski definition) is 3. The van der Waals surface area contributed by atoms with E-state index in [0.717, 1.165) is 24.0 Å². The Kier molecular flexibility index (Phi) is 5.67. The molecular formula is C16H33N3. The molecule has 2 fully saturated rings. The second kappa shape index (κ2) is 7.05. The molecule has 2 aliphatic heterocycles. The van der Waals surface area contributed by atoms with Crippen LogP contribution in [0.2, 0.25) is 0 Å². The van der Waals surface area contributed by atoms with Crippen molar-refractivity contribution >= 4 is 0 Å². The average molecular weight is 267 g/mol. The predicted octanol–water partition coefficient (Wildman–Crippen LogP) is 2.18. The molecule has 3 unspecified atom stereocenters. The summed E-state index contributed by atoms with van der Waals surface area (Å²) in [5.41, 5.74) is 0. The van der Waals surface area contributed by atoms with Crippen LogP contribution < -0.4 is 5.32 Å². The maximum atomic E-state index is 3.67. The van der Waals surface area contributed by atoms with Gasteiger partial charge in [0.05, 0.1) is 0 Å². The lowest BCUT2D eigenvalue weighted by Gasteiger charge is -2.42. The molecule has 2 aliphatic rings. The molecule has 0 aromatic carbocycles. The van der Waals surface area contributed by atoms with Crippen LogP contribution in [0.15, 0.2) is 0 Å². The van der Waals surface area contributed by atoms with Gasteiger partial charge in [0.15, 0.2) is 0 Å². The zero-order chi connectivity index (χ0) is 13.8. The molecule has 0 radical (unpaired) electrons. The van der Waals surface area contributed by atoms with E-state index in [1.807, 2.05) is 0 Å². The van der Waals surface area contributed by atoms with Gasteiger partial charge in [0.1, 0.15) is 0 Å². The summed E-state index contributed by atoms with van der Waals surface area (Å²) >= 11 is 0. The molecule has 2 saturated heterocycles. The summed E-state index contributed by atoms with van der Waals surface area (Å²) in [6, 6.07) is 2.29. The van der Waals surface area contributed by atoms with Crippen molar-refractivity contribution in [2.24, 2.45) is 5.92 Å². The number of nitrogens with zero attached hydrogens (tertiary/aromatic N) is 2. The Balaban J connectivity index is 1.91. The molecule has 0 bridgehead atoms. The molecule has 2 heterocycles. The van der Waals surface area contributed by atoms with E-state index in [4.69, 9.17) is 0 Å². The first kappa shape index (κ1) is 15.3. The second-order valence-corrected chi connectivity index (χ2v) is 7.15. The molecule has 0 saturated carbocycles. The zero-order valence-corrected chi connectivity index (χ0v) is 13.4. The van der Waals surface area contributed by atoms with Crippen molar-refractivity contribution in [1.29, 1.82) is 0 Å². The van der Waals surface area contributed by atoms with Gasteiger partial charge in [-0.2, -0.15) is 0 Å². The molecule has 2 rings (SSSR count). The van der Waals surface area contributed by atoms with Crippen LogP contribution in [0, 0.1) is 5.92 Å². The van der Waals surface area contributed by atoms with Gasteiger partial charge in [-0.1, -0.05) is 13.8 Å². The van der Waals surface area contributed by atoms with E-state index in [9.17, 15) is 0 Å². The molecular weight excluding hydrogens is 234 g/mol. The summed E-state index contributed by atoms with van der Waals surface area (Å²) < 4.78 is 0. The molecule has 19 heavy (non-hydrogen) atoms. The van der Waals surface area contributed by atoms with Crippen LogP contribution in [-0.4, -0.2) is 61.2 Å². The highest BCUT2D eigenvalue weighted by molar-refractivity contribution is 4.87. The molecule has 3 nitrogen and oxygen atoms in total. The van der Waals surface area contributed by atoms with Crippen molar-refractivity contribution in [2.75, 3.05) is 33.2 Å². The SMILES string of the molecule is CC(C)CN(CC1CCCN1)C1CCN(C)C(C)C1. The molecule has 0 aromatic heterocycles. The normalized spacial score (nSPS) is 33.5. The number of hydrogen-bond donors (Lipinski definition) is 1. The van der Waals surface area contributed by atoms with Crippen LogP contribution in [0.4, 0.5) is 0 Å². The van der Waals surface area contributed by atoms with Gasteiger partial charge in [0, 0.05) is 31.2 Å². The van der Waals surface area contributed by atoms with Crippen molar-refractivity contribution in [3.63, 3.8) is 0 Å². The van der Waals surface area contributed by atoms with Crippen LogP contribution in [0.3, 0.4) is 0 Å². The predicted molar refractivity (Wildman–Crippen MR) is 82.5 cm³/mol. The second-order valence-electron chi connectivity index (χ2n) is 7.15. The maximum Gasteiger partial charge on any atom is 0.0195 e. The average Bonchev–Trinajstić information content (AvgIpc) is 2.84. The van der Waals surface area contributed by atoms with Crippen LogP contribution in [0.5, 0.6) is 0 Å². The van der Waals surface area contributed by atoms with E-state index in [2.05, 4.69) is 42.9 Å². The van der Waals surface area contributed by atoms with E-state index in [1.54, 1.807) is 0 Å². The first-order valence-corrected chi connectivity index (χ1v) is 8.24. The topological polar surface area (TPSA) is 18.5 Å². The van der Waals surface area contributed by atoms with E-state index in [-0.39, 0.29) is 0 Å². The number of rotatable bonds is 5. The number of likely N-dealkylation sites (tertiary alicyclic amines) is 1. The number of piperidine rings is 1. The summed E-state index contributed by atoms with van der Waals surface area (Å²) in [7, 11) is 2.27. The molecule has 3 heteroatoms. The maximum absolute atomic E-state index is 3.67. The van der Waals surface area contributed by atoms with Crippen molar-refractivity contribution in [3.05, 3.63) is 0 Å². The van der Waals surface area contributed by atoms with Gasteiger partial charge in [-0.25, -0.2) is 0 Å². The van der Waals surface area contributed by atoms with Crippen molar-refractivity contribution in [1.82, 2.24) is 15.1 Å². The Hall–Kier alpha value is -0.120. The van der Waals surface area contributed by atoms with Crippen LogP contribution in [0.25, 0.3) is 0 Å². The minimum Gasteiger partial charge on any atom is -0.313 e. The van der Waals surface area contributed by atoms with E-state index < -0.39 is 0 Å². The van der Waals surface area contributed by atoms with Gasteiger partial charge in [0.2, 0.25) is 0 Å². The third-order valence-corrected chi connectivity index (χ3v) is 4.91. The number of nitrogens with one attached hydrogen (secondary N) is 1. The summed E-state index contributed by atoms with van der Waals surface area (Å²) in [6.45, 7) is 12.1. The Labute approximate surface area is 119 Å². The zero-order valence-electron chi connectivity index (χ0n) is 13.4. The molecule has 1 N–H and O–H groups in total. The van der Waals surface area contributed by atoms with Gasteiger partial charge in [-0.05, 0) is 58.7 Å². The van der Waals surface area contributed by atoms with Crippen molar-refractivity contribution < 1.29 is 0 Å². The highest BCUT2D eigenvalue weighted by atomic mass is 15.2. The molecule has 0 amide bonds. The fraction of sp³-hybridized carbons (Fsp3) is 1.00. The van der Waals surface area contributed by atoms with Crippen molar-refractivity contribution in [3.8, 4) is 0 Å². The van der Waals surface area contributed by atoms with Gasteiger partial charge in [-0.15, -0.1) is 0 Å². The van der Waals surface area contributed by atoms with Crippen LogP contribution in [0.1, 0.15) is 46.5 Å². The lowest BCUT2D eigenvalue weighted by atomic mass is 9.96. The van der Waals surface area contributed by atoms with Gasteiger partial charge < -0.3 is 10.2 Å². The van der Waals surface area contributed by atoms with E-state index >= 15 is 0 Å². The fourth-order valence-electron chi connectivity index (χ4n) is 3.63. The Bertz CT molecular complexity index is 261. The Morgan fingerprint density at radius 1 is 1.32 bits per heavy atom. The lowest BCUT2D eigenvalue weighted by molar-refractivity contribution is 0.0741. The van der Waals surface area contributed by atoms with Crippen molar-refractivity contribution in [2.45, 2.75) is 64.6 Å². The Morgan fingerprint density at radius 2 is 2.11 bits per heavy atom. The summed E-state index contributed by atoms with van der Waals surface area (Å²) in [5.74, 6) is 0.774. The minimum absolute atomic E-state index is 0.741. The first-order chi connectivity index (χ1) is 9.06. The van der Waals surface area contributed by atoms with E-state index in [0.29, 0.717) is 0 Å². The Morgan fingerprint density at radius 3 is 2.68 bits per heavy atom. The largest absolute Gasteiger partial charge is 0.313 e. The minimum atomic E-state index is 0.741. The third-order valence-electron chi connectivity index (χ3n) is 4.91. The quantitative estimate of drug-likeness (QED) is 0.824. The summed E-state index contributed by atoms with van der Waals surface area (Å²) in [6.07, 6.45) is 5.43. The fourth-order valence-corrected chi connectivity index (χ4v) is 3.63. The summed E-state index contributed by atoms with van der Waals surface area (Å²) in [4.78, 5) is 5.30. The highest BCUT2D eigenvalue weighted by Crippen LogP contribution is 2.22. The van der Waals surface area contributed by atoms with E-state index in [1.165, 1.54) is 51.9 Å². The van der Waals surface area contributed by atoms with Crippen LogP contribution >= 0.6 is 0 Å². The standard InChI is InChI=1S/C16H33N3/c1-13(2)11-19(12-15-6-5-8-17-15)16-7-9-18(4)14(3)10-16/h13-17H,5-12H2,1-4H3. The smallest absolute Gasteiger partial charge is 0.0195 e. The molecule has 0 aromatic rings. The monoisotopic (exact) mass is 267 g/mol. The van der Waals surface area contributed by atoms with Gasteiger partial charge in [-0.3, -0.25) is 4.90 Å². The molecule has 3 atom stereocenters. The van der Waals surface area contributed by atoms with Crippen LogP contribution in [-0.2, 0) is 0 Å². The van der Waals surface area contributed by atoms with Gasteiger partial charge in [0.25, 0.3) is 0 Å². The highest BCUT2D eigenvalue weighted by Gasteiger charge is 2.29. The van der Waals surface area contributed by atoms with Gasteiger partial charge >= 0.3 is 0 Å². The summed E-state index contributed by atoms with van der Waals surface area (Å²) in [5, 5.41) is 3.67. The molecule has 0 spiro atoms. The first-order valence-electron chi connectivity index (χ1n) is 8.24. The lowest BCUT2D eigenvalue weighted by Crippen LogP contribution is -2.51. The molecule has 0 aliphatic carbocycles. The molecule has 112 valence electrons.